The molecule has 0 bridgehead atoms. The maximum absolute atomic E-state index is 12.3. The van der Waals surface area contributed by atoms with Crippen LogP contribution >= 0.6 is 0 Å². The first kappa shape index (κ1) is 19.6. The van der Waals surface area contributed by atoms with E-state index in [4.69, 9.17) is 0 Å². The number of carbonyl (C=O) groups excluding carboxylic acids is 1. The van der Waals surface area contributed by atoms with Crippen molar-refractivity contribution in [2.45, 2.75) is 19.4 Å². The van der Waals surface area contributed by atoms with Gasteiger partial charge in [0, 0.05) is 18.2 Å². The summed E-state index contributed by atoms with van der Waals surface area (Å²) in [6.07, 6.45) is 1.74. The Hall–Kier alpha value is -3.73. The molecule has 30 heavy (non-hydrogen) atoms. The molecule has 4 rings (SSSR count). The molecule has 0 radical (unpaired) electrons. The fourth-order valence-corrected chi connectivity index (χ4v) is 3.51. The fraction of sp³-hybridized carbons (Fsp3) is 0.160. The smallest absolute Gasteiger partial charge is 0.267 e. The standard InChI is InChI=1S/C25H23N3O2/c29-24(26-17-7-10-19-8-2-1-3-9-19)18-28-25(30)16-15-23(27-28)22-14-6-12-20-11-4-5-13-21(20)22/h1-6,8-9,11-16H,7,10,17-18H2,(H,26,29). The minimum Gasteiger partial charge on any atom is -0.354 e. The summed E-state index contributed by atoms with van der Waals surface area (Å²) < 4.78 is 1.23. The van der Waals surface area contributed by atoms with Crippen LogP contribution in [0.3, 0.4) is 0 Å². The van der Waals surface area contributed by atoms with Crippen LogP contribution in [0, 0.1) is 0 Å². The van der Waals surface area contributed by atoms with Gasteiger partial charge in [0.1, 0.15) is 6.54 Å². The van der Waals surface area contributed by atoms with Crippen LogP contribution in [0.2, 0.25) is 0 Å². The molecule has 0 atom stereocenters. The predicted molar refractivity (Wildman–Crippen MR) is 119 cm³/mol. The number of amides is 1. The molecule has 1 aromatic heterocycles. The second-order valence-corrected chi connectivity index (χ2v) is 7.18. The van der Waals surface area contributed by atoms with Crippen molar-refractivity contribution in [3.63, 3.8) is 0 Å². The number of fused-ring (bicyclic) bond motifs is 1. The average Bonchev–Trinajstić information content (AvgIpc) is 2.78. The Morgan fingerprint density at radius 3 is 2.50 bits per heavy atom. The number of benzene rings is 3. The second kappa shape index (κ2) is 9.18. The SMILES string of the molecule is O=C(Cn1nc(-c2cccc3ccccc23)ccc1=O)NCCCc1ccccc1. The molecule has 0 aliphatic rings. The average molecular weight is 397 g/mol. The van der Waals surface area contributed by atoms with Crippen LogP contribution in [0.25, 0.3) is 22.0 Å². The highest BCUT2D eigenvalue weighted by atomic mass is 16.2. The molecule has 1 N–H and O–H groups in total. The molecule has 5 heteroatoms. The molecule has 0 fully saturated rings. The number of nitrogens with zero attached hydrogens (tertiary/aromatic N) is 2. The topological polar surface area (TPSA) is 64.0 Å². The van der Waals surface area contributed by atoms with Gasteiger partial charge in [0.2, 0.25) is 5.91 Å². The van der Waals surface area contributed by atoms with Gasteiger partial charge in [-0.25, -0.2) is 4.68 Å². The molecular weight excluding hydrogens is 374 g/mol. The van der Waals surface area contributed by atoms with Gasteiger partial charge in [0.05, 0.1) is 5.69 Å². The van der Waals surface area contributed by atoms with Crippen molar-refractivity contribution in [2.24, 2.45) is 0 Å². The zero-order chi connectivity index (χ0) is 20.8. The summed E-state index contributed by atoms with van der Waals surface area (Å²) in [6.45, 7) is 0.467. The lowest BCUT2D eigenvalue weighted by molar-refractivity contribution is -0.121. The van der Waals surface area contributed by atoms with Gasteiger partial charge in [-0.1, -0.05) is 72.8 Å². The molecule has 0 saturated heterocycles. The van der Waals surface area contributed by atoms with Gasteiger partial charge >= 0.3 is 0 Å². The molecule has 0 unspecified atom stereocenters. The number of hydrogen-bond donors (Lipinski definition) is 1. The van der Waals surface area contributed by atoms with Crippen LogP contribution in [0.4, 0.5) is 0 Å². The van der Waals surface area contributed by atoms with Crippen LogP contribution in [0.5, 0.6) is 0 Å². The summed E-state index contributed by atoms with van der Waals surface area (Å²) in [4.78, 5) is 24.6. The quantitative estimate of drug-likeness (QED) is 0.482. The monoisotopic (exact) mass is 397 g/mol. The first-order chi connectivity index (χ1) is 14.7. The molecular formula is C25H23N3O2. The van der Waals surface area contributed by atoms with E-state index in [2.05, 4.69) is 22.5 Å². The third-order valence-electron chi connectivity index (χ3n) is 5.03. The molecule has 0 aliphatic heterocycles. The summed E-state index contributed by atoms with van der Waals surface area (Å²) >= 11 is 0. The highest BCUT2D eigenvalue weighted by Gasteiger charge is 2.10. The van der Waals surface area contributed by atoms with Gasteiger partial charge in [0.15, 0.2) is 0 Å². The van der Waals surface area contributed by atoms with Gasteiger partial charge in [-0.3, -0.25) is 9.59 Å². The highest BCUT2D eigenvalue weighted by molar-refractivity contribution is 5.95. The first-order valence-corrected chi connectivity index (χ1v) is 10.1. The zero-order valence-corrected chi connectivity index (χ0v) is 16.6. The Bertz CT molecular complexity index is 1210. The minimum absolute atomic E-state index is 0.0945. The van der Waals surface area contributed by atoms with E-state index < -0.39 is 0 Å². The predicted octanol–water partition coefficient (Wildman–Crippen LogP) is 3.81. The Labute approximate surface area is 175 Å². The van der Waals surface area contributed by atoms with E-state index in [9.17, 15) is 9.59 Å². The summed E-state index contributed by atoms with van der Waals surface area (Å²) in [7, 11) is 0. The van der Waals surface area contributed by atoms with Crippen molar-refractivity contribution in [3.8, 4) is 11.3 Å². The molecule has 1 heterocycles. The molecule has 1 amide bonds. The Kier molecular flexibility index (Phi) is 5.99. The maximum atomic E-state index is 12.3. The van der Waals surface area contributed by atoms with E-state index in [1.54, 1.807) is 6.07 Å². The van der Waals surface area contributed by atoms with Crippen LogP contribution in [-0.4, -0.2) is 22.2 Å². The van der Waals surface area contributed by atoms with Crippen molar-refractivity contribution in [1.29, 1.82) is 0 Å². The van der Waals surface area contributed by atoms with E-state index in [0.717, 1.165) is 29.2 Å². The number of rotatable bonds is 7. The Morgan fingerprint density at radius 2 is 1.63 bits per heavy atom. The van der Waals surface area contributed by atoms with Gasteiger partial charge in [-0.2, -0.15) is 5.10 Å². The van der Waals surface area contributed by atoms with E-state index in [0.29, 0.717) is 12.2 Å². The van der Waals surface area contributed by atoms with Crippen molar-refractivity contribution >= 4 is 16.7 Å². The van der Waals surface area contributed by atoms with Crippen molar-refractivity contribution in [3.05, 3.63) is 101 Å². The highest BCUT2D eigenvalue weighted by Crippen LogP contribution is 2.26. The van der Waals surface area contributed by atoms with Crippen LogP contribution in [0.1, 0.15) is 12.0 Å². The lowest BCUT2D eigenvalue weighted by atomic mass is 10.0. The largest absolute Gasteiger partial charge is 0.354 e. The maximum Gasteiger partial charge on any atom is 0.267 e. The molecule has 5 nitrogen and oxygen atoms in total. The third kappa shape index (κ3) is 4.63. The van der Waals surface area contributed by atoms with E-state index in [1.807, 2.05) is 60.7 Å². The number of hydrogen-bond acceptors (Lipinski definition) is 3. The Balaban J connectivity index is 1.43. The number of carbonyl (C=O) groups is 1. The normalized spacial score (nSPS) is 10.8. The van der Waals surface area contributed by atoms with Gasteiger partial charge in [-0.15, -0.1) is 0 Å². The number of nitrogens with one attached hydrogen (secondary N) is 1. The van der Waals surface area contributed by atoms with Crippen molar-refractivity contribution in [2.75, 3.05) is 6.54 Å². The van der Waals surface area contributed by atoms with Gasteiger partial charge in [0.25, 0.3) is 5.56 Å². The van der Waals surface area contributed by atoms with Gasteiger partial charge < -0.3 is 5.32 Å². The molecule has 4 aromatic rings. The summed E-state index contributed by atoms with van der Waals surface area (Å²) in [6, 6.07) is 27.3. The molecule has 0 saturated carbocycles. The third-order valence-corrected chi connectivity index (χ3v) is 5.03. The van der Waals surface area contributed by atoms with Crippen LogP contribution in [-0.2, 0) is 17.8 Å². The lowest BCUT2D eigenvalue weighted by Gasteiger charge is -2.10. The van der Waals surface area contributed by atoms with E-state index >= 15 is 0 Å². The summed E-state index contributed by atoms with van der Waals surface area (Å²) in [5.41, 5.74) is 2.55. The van der Waals surface area contributed by atoms with Crippen LogP contribution < -0.4 is 10.9 Å². The van der Waals surface area contributed by atoms with E-state index in [-0.39, 0.29) is 18.0 Å². The van der Waals surface area contributed by atoms with Crippen LogP contribution in [0.15, 0.2) is 89.7 Å². The molecule has 3 aromatic carbocycles. The number of aromatic nitrogens is 2. The lowest BCUT2D eigenvalue weighted by Crippen LogP contribution is -2.34. The number of aryl methyl sites for hydroxylation is 1. The summed E-state index contributed by atoms with van der Waals surface area (Å²) in [5, 5.41) is 9.49. The first-order valence-electron chi connectivity index (χ1n) is 10.1. The minimum atomic E-state index is -0.293. The van der Waals surface area contributed by atoms with E-state index in [1.165, 1.54) is 16.3 Å². The van der Waals surface area contributed by atoms with Crippen molar-refractivity contribution < 1.29 is 4.79 Å². The molecule has 0 spiro atoms. The zero-order valence-electron chi connectivity index (χ0n) is 16.6. The fourth-order valence-electron chi connectivity index (χ4n) is 3.51. The molecule has 150 valence electrons. The Morgan fingerprint density at radius 1 is 0.867 bits per heavy atom. The van der Waals surface area contributed by atoms with Crippen molar-refractivity contribution in [1.82, 2.24) is 15.1 Å². The van der Waals surface area contributed by atoms with Gasteiger partial charge in [-0.05, 0) is 35.2 Å². The summed E-state index contributed by atoms with van der Waals surface area (Å²) in [5.74, 6) is -0.215. The molecule has 0 aliphatic carbocycles. The second-order valence-electron chi connectivity index (χ2n) is 7.18.